The Bertz CT molecular complexity index is 353. The molecular formula is C19H30N2. The summed E-state index contributed by atoms with van der Waals surface area (Å²) in [6, 6.07) is 4.96. The molecule has 0 atom stereocenters. The molecule has 0 spiro atoms. The molecule has 2 nitrogen and oxygen atoms in total. The highest BCUT2D eigenvalue weighted by Gasteiger charge is 2.42. The van der Waals surface area contributed by atoms with Crippen molar-refractivity contribution in [3.8, 4) is 12.1 Å². The van der Waals surface area contributed by atoms with Gasteiger partial charge in [-0.15, -0.1) is 0 Å². The second kappa shape index (κ2) is 7.84. The summed E-state index contributed by atoms with van der Waals surface area (Å²) >= 11 is 0. The normalized spacial score (nSPS) is 20.5. The van der Waals surface area contributed by atoms with E-state index in [2.05, 4.69) is 12.1 Å². The van der Waals surface area contributed by atoms with Gasteiger partial charge in [0, 0.05) is 0 Å². The molecule has 2 aliphatic carbocycles. The Morgan fingerprint density at radius 3 is 1.05 bits per heavy atom. The minimum atomic E-state index is 0.113. The maximum Gasteiger partial charge on any atom is 0.0689 e. The summed E-state index contributed by atoms with van der Waals surface area (Å²) in [4.78, 5) is 0. The zero-order valence-electron chi connectivity index (χ0n) is 13.5. The van der Waals surface area contributed by atoms with Crippen molar-refractivity contribution in [1.29, 1.82) is 10.5 Å². The minimum absolute atomic E-state index is 0.113. The maximum atomic E-state index is 9.00. The summed E-state index contributed by atoms with van der Waals surface area (Å²) in [5, 5.41) is 18.0. The van der Waals surface area contributed by atoms with Crippen LogP contribution in [0.1, 0.15) is 96.3 Å². The maximum absolute atomic E-state index is 9.00. The lowest BCUT2D eigenvalue weighted by Crippen LogP contribution is -1.95. The van der Waals surface area contributed by atoms with Crippen LogP contribution >= 0.6 is 0 Å². The fourth-order valence-corrected chi connectivity index (χ4v) is 3.30. The number of hydrogen-bond acceptors (Lipinski definition) is 2. The minimum Gasteiger partial charge on any atom is -0.198 e. The SMILES string of the molecule is N#CC1(CCCCCCCCCCCC2(C#N)CC2)CC1. The van der Waals surface area contributed by atoms with Crippen molar-refractivity contribution >= 4 is 0 Å². The molecule has 2 saturated carbocycles. The van der Waals surface area contributed by atoms with E-state index in [0.717, 1.165) is 38.5 Å². The van der Waals surface area contributed by atoms with Gasteiger partial charge in [-0.1, -0.05) is 57.8 Å². The fraction of sp³-hybridized carbons (Fsp3) is 0.895. The molecule has 0 saturated heterocycles. The molecule has 2 heteroatoms. The van der Waals surface area contributed by atoms with Gasteiger partial charge in [-0.25, -0.2) is 0 Å². The van der Waals surface area contributed by atoms with Gasteiger partial charge in [0.25, 0.3) is 0 Å². The van der Waals surface area contributed by atoms with Crippen LogP contribution in [0.3, 0.4) is 0 Å². The zero-order chi connectivity index (χ0) is 15.0. The zero-order valence-corrected chi connectivity index (χ0v) is 13.5. The molecule has 0 amide bonds. The molecule has 0 bridgehead atoms. The second-order valence-electron chi connectivity index (χ2n) is 7.47. The van der Waals surface area contributed by atoms with E-state index >= 15 is 0 Å². The summed E-state index contributed by atoms with van der Waals surface area (Å²) in [5.41, 5.74) is 0.227. The third-order valence-corrected chi connectivity index (χ3v) is 5.49. The molecule has 2 aliphatic rings. The van der Waals surface area contributed by atoms with Crippen molar-refractivity contribution in [1.82, 2.24) is 0 Å². The molecule has 0 aromatic heterocycles. The number of hydrogen-bond donors (Lipinski definition) is 0. The standard InChI is InChI=1S/C19H30N2/c20-16-18(12-13-18)10-8-6-4-2-1-3-5-7-9-11-19(17-21)14-15-19/h1-15H2. The molecule has 0 radical (unpaired) electrons. The van der Waals surface area contributed by atoms with Crippen LogP contribution in [-0.4, -0.2) is 0 Å². The molecule has 0 aromatic rings. The molecule has 2 rings (SSSR count). The number of unbranched alkanes of at least 4 members (excludes halogenated alkanes) is 8. The Labute approximate surface area is 130 Å². The van der Waals surface area contributed by atoms with Crippen molar-refractivity contribution in [2.45, 2.75) is 96.3 Å². The van der Waals surface area contributed by atoms with E-state index in [4.69, 9.17) is 10.5 Å². The highest BCUT2D eigenvalue weighted by molar-refractivity contribution is 5.09. The van der Waals surface area contributed by atoms with E-state index in [1.54, 1.807) is 0 Å². The fourth-order valence-electron chi connectivity index (χ4n) is 3.30. The van der Waals surface area contributed by atoms with Gasteiger partial charge in [0.15, 0.2) is 0 Å². The summed E-state index contributed by atoms with van der Waals surface area (Å²) in [5.74, 6) is 0. The topological polar surface area (TPSA) is 47.6 Å². The highest BCUT2D eigenvalue weighted by atomic mass is 14.5. The number of nitriles is 2. The van der Waals surface area contributed by atoms with E-state index in [1.807, 2.05) is 0 Å². The first-order valence-corrected chi connectivity index (χ1v) is 9.07. The van der Waals surface area contributed by atoms with Crippen LogP contribution in [0, 0.1) is 33.5 Å². The van der Waals surface area contributed by atoms with Gasteiger partial charge < -0.3 is 0 Å². The third kappa shape index (κ3) is 5.70. The van der Waals surface area contributed by atoms with E-state index in [-0.39, 0.29) is 10.8 Å². The first-order chi connectivity index (χ1) is 10.2. The first-order valence-electron chi connectivity index (χ1n) is 9.07. The Morgan fingerprint density at radius 2 is 0.810 bits per heavy atom. The molecule has 0 aliphatic heterocycles. The van der Waals surface area contributed by atoms with E-state index in [0.29, 0.717) is 0 Å². The lowest BCUT2D eigenvalue weighted by molar-refractivity contribution is 0.495. The van der Waals surface area contributed by atoms with Gasteiger partial charge in [0.2, 0.25) is 0 Å². The summed E-state index contributed by atoms with van der Waals surface area (Å²) in [6.07, 6.45) is 18.8. The molecule has 0 N–H and O–H groups in total. The average molecular weight is 286 g/mol. The lowest BCUT2D eigenvalue weighted by atomic mass is 9.98. The summed E-state index contributed by atoms with van der Waals surface area (Å²) in [6.45, 7) is 0. The van der Waals surface area contributed by atoms with Gasteiger partial charge in [-0.3, -0.25) is 0 Å². The molecule has 21 heavy (non-hydrogen) atoms. The number of nitrogens with zero attached hydrogens (tertiary/aromatic N) is 2. The van der Waals surface area contributed by atoms with Crippen molar-refractivity contribution in [2.24, 2.45) is 10.8 Å². The predicted octanol–water partition coefficient (Wildman–Crippen LogP) is 5.89. The third-order valence-electron chi connectivity index (χ3n) is 5.49. The lowest BCUT2D eigenvalue weighted by Gasteiger charge is -2.06. The summed E-state index contributed by atoms with van der Waals surface area (Å²) < 4.78 is 0. The monoisotopic (exact) mass is 286 g/mol. The number of rotatable bonds is 12. The van der Waals surface area contributed by atoms with E-state index in [1.165, 1.54) is 57.8 Å². The van der Waals surface area contributed by atoms with Gasteiger partial charge >= 0.3 is 0 Å². The second-order valence-corrected chi connectivity index (χ2v) is 7.47. The van der Waals surface area contributed by atoms with Gasteiger partial charge in [0.1, 0.15) is 0 Å². The smallest absolute Gasteiger partial charge is 0.0689 e. The van der Waals surface area contributed by atoms with Crippen LogP contribution in [0.4, 0.5) is 0 Å². The average Bonchev–Trinajstić information content (AvgIpc) is 3.41. The van der Waals surface area contributed by atoms with Crippen LogP contribution in [-0.2, 0) is 0 Å². The molecule has 0 unspecified atom stereocenters. The molecule has 2 fully saturated rings. The van der Waals surface area contributed by atoms with Crippen LogP contribution in [0.5, 0.6) is 0 Å². The largest absolute Gasteiger partial charge is 0.198 e. The Morgan fingerprint density at radius 1 is 0.524 bits per heavy atom. The highest BCUT2D eigenvalue weighted by Crippen LogP contribution is 2.49. The quantitative estimate of drug-likeness (QED) is 0.420. The Balaban J connectivity index is 1.30. The summed E-state index contributed by atoms with van der Waals surface area (Å²) in [7, 11) is 0. The first kappa shape index (κ1) is 16.4. The van der Waals surface area contributed by atoms with Gasteiger partial charge in [-0.2, -0.15) is 10.5 Å². The van der Waals surface area contributed by atoms with Crippen LogP contribution in [0.25, 0.3) is 0 Å². The molecule has 116 valence electrons. The van der Waals surface area contributed by atoms with Gasteiger partial charge in [0.05, 0.1) is 23.0 Å². The molecular weight excluding hydrogens is 256 g/mol. The van der Waals surface area contributed by atoms with E-state index < -0.39 is 0 Å². The van der Waals surface area contributed by atoms with Crippen LogP contribution < -0.4 is 0 Å². The molecule has 0 aromatic carbocycles. The molecule has 0 heterocycles. The van der Waals surface area contributed by atoms with Crippen LogP contribution in [0.15, 0.2) is 0 Å². The Kier molecular flexibility index (Phi) is 6.10. The predicted molar refractivity (Wildman–Crippen MR) is 85.3 cm³/mol. The van der Waals surface area contributed by atoms with Crippen molar-refractivity contribution in [3.63, 3.8) is 0 Å². The van der Waals surface area contributed by atoms with E-state index in [9.17, 15) is 0 Å². The van der Waals surface area contributed by atoms with Crippen molar-refractivity contribution in [3.05, 3.63) is 0 Å². The van der Waals surface area contributed by atoms with Crippen molar-refractivity contribution in [2.75, 3.05) is 0 Å². The van der Waals surface area contributed by atoms with Crippen molar-refractivity contribution < 1.29 is 0 Å². The van der Waals surface area contributed by atoms with Crippen LogP contribution in [0.2, 0.25) is 0 Å². The Hall–Kier alpha value is -1.02. The van der Waals surface area contributed by atoms with Gasteiger partial charge in [-0.05, 0) is 38.5 Å².